The van der Waals surface area contributed by atoms with Crippen LogP contribution in [0.5, 0.6) is 5.75 Å². The van der Waals surface area contributed by atoms with Gasteiger partial charge in [0.1, 0.15) is 15.7 Å². The van der Waals surface area contributed by atoms with Crippen LogP contribution in [0.3, 0.4) is 0 Å². The number of pyridine rings is 1. The highest BCUT2D eigenvalue weighted by Crippen LogP contribution is 2.37. The fourth-order valence-electron chi connectivity index (χ4n) is 2.91. The topological polar surface area (TPSA) is 67.9 Å². The van der Waals surface area contributed by atoms with Crippen molar-refractivity contribution in [3.63, 3.8) is 0 Å². The fraction of sp³-hybridized carbons (Fsp3) is 0.227. The molecule has 0 atom stereocenters. The molecule has 0 amide bonds. The highest BCUT2D eigenvalue weighted by molar-refractivity contribution is 7.98. The Morgan fingerprint density at radius 3 is 2.76 bits per heavy atom. The van der Waals surface area contributed by atoms with Crippen LogP contribution in [0.1, 0.15) is 24.9 Å². The summed E-state index contributed by atoms with van der Waals surface area (Å²) in [4.78, 5) is 26.8. The van der Waals surface area contributed by atoms with Crippen molar-refractivity contribution in [1.29, 1.82) is 0 Å². The van der Waals surface area contributed by atoms with Gasteiger partial charge in [-0.3, -0.25) is 4.79 Å². The maximum absolute atomic E-state index is 12.2. The number of hydrogen-bond donors (Lipinski definition) is 1. The Morgan fingerprint density at radius 2 is 2.00 bits per heavy atom. The van der Waals surface area contributed by atoms with Gasteiger partial charge in [0.2, 0.25) is 5.43 Å². The fourth-order valence-corrected chi connectivity index (χ4v) is 5.02. The third-order valence-electron chi connectivity index (χ3n) is 4.29. The van der Waals surface area contributed by atoms with Crippen LogP contribution in [0.4, 0.5) is 0 Å². The van der Waals surface area contributed by atoms with Gasteiger partial charge in [-0.2, -0.15) is 0 Å². The molecular formula is C22H21N3O2S2. The predicted molar refractivity (Wildman–Crippen MR) is 120 cm³/mol. The average Bonchev–Trinajstić information content (AvgIpc) is 3.16. The molecule has 0 fully saturated rings. The van der Waals surface area contributed by atoms with Crippen LogP contribution < -0.4 is 10.2 Å². The van der Waals surface area contributed by atoms with E-state index < -0.39 is 0 Å². The molecule has 5 nitrogen and oxygen atoms in total. The molecule has 0 radical (unpaired) electrons. The minimum atomic E-state index is -0.0984. The van der Waals surface area contributed by atoms with Gasteiger partial charge in [-0.1, -0.05) is 49.0 Å². The number of thiophene rings is 1. The van der Waals surface area contributed by atoms with E-state index in [2.05, 4.69) is 33.2 Å². The summed E-state index contributed by atoms with van der Waals surface area (Å²) < 4.78 is 5.45. The molecule has 3 heterocycles. The van der Waals surface area contributed by atoms with Gasteiger partial charge in [0.25, 0.3) is 0 Å². The Hall–Kier alpha value is -2.64. The summed E-state index contributed by atoms with van der Waals surface area (Å²) >= 11 is 3.28. The summed E-state index contributed by atoms with van der Waals surface area (Å²) in [7, 11) is 0. The highest BCUT2D eigenvalue weighted by atomic mass is 32.2. The first-order chi connectivity index (χ1) is 14.1. The maximum Gasteiger partial charge on any atom is 0.223 e. The minimum Gasteiger partial charge on any atom is -0.488 e. The monoisotopic (exact) mass is 423 g/mol. The molecule has 0 aliphatic rings. The molecular weight excluding hydrogens is 402 g/mol. The lowest BCUT2D eigenvalue weighted by atomic mass is 10.2. The molecule has 4 aromatic rings. The Kier molecular flexibility index (Phi) is 5.97. The van der Waals surface area contributed by atoms with Crippen LogP contribution in [0.25, 0.3) is 20.7 Å². The van der Waals surface area contributed by atoms with E-state index in [4.69, 9.17) is 4.74 Å². The second-order valence-corrected chi connectivity index (χ2v) is 8.59. The molecule has 4 rings (SSSR count). The van der Waals surface area contributed by atoms with E-state index in [1.54, 1.807) is 35.4 Å². The number of thioether (sulfide) groups is 1. The summed E-state index contributed by atoms with van der Waals surface area (Å²) in [6, 6.07) is 14.1. The lowest BCUT2D eigenvalue weighted by Crippen LogP contribution is -2.09. The molecule has 0 bridgehead atoms. The van der Waals surface area contributed by atoms with Gasteiger partial charge in [0, 0.05) is 34.0 Å². The van der Waals surface area contributed by atoms with E-state index in [-0.39, 0.29) is 5.43 Å². The number of fused-ring (bicyclic) bond motifs is 1. The van der Waals surface area contributed by atoms with Crippen molar-refractivity contribution >= 4 is 33.3 Å². The number of nitrogens with one attached hydrogen (secondary N) is 1. The summed E-state index contributed by atoms with van der Waals surface area (Å²) in [5.41, 5.74) is 1.92. The molecule has 0 spiro atoms. The number of nitrogens with zero attached hydrogens (tertiary/aromatic N) is 2. The quantitative estimate of drug-likeness (QED) is 0.317. The van der Waals surface area contributed by atoms with Crippen molar-refractivity contribution in [2.75, 3.05) is 6.61 Å². The minimum absolute atomic E-state index is 0.0984. The molecule has 148 valence electrons. The van der Waals surface area contributed by atoms with Crippen molar-refractivity contribution in [2.24, 2.45) is 0 Å². The Bertz CT molecular complexity index is 1190. The Morgan fingerprint density at radius 1 is 1.17 bits per heavy atom. The van der Waals surface area contributed by atoms with E-state index in [0.717, 1.165) is 33.2 Å². The molecule has 29 heavy (non-hydrogen) atoms. The lowest BCUT2D eigenvalue weighted by Gasteiger charge is -2.06. The predicted octanol–water partition coefficient (Wildman–Crippen LogP) is 5.44. The number of hydrogen-bond acceptors (Lipinski definition) is 6. The van der Waals surface area contributed by atoms with Gasteiger partial charge in [-0.15, -0.1) is 11.3 Å². The normalized spacial score (nSPS) is 11.1. The van der Waals surface area contributed by atoms with E-state index >= 15 is 0 Å². The molecule has 1 N–H and O–H groups in total. The van der Waals surface area contributed by atoms with Crippen molar-refractivity contribution in [1.82, 2.24) is 15.0 Å². The summed E-state index contributed by atoms with van der Waals surface area (Å²) in [5, 5.41) is 1.98. The second kappa shape index (κ2) is 8.80. The van der Waals surface area contributed by atoms with Crippen LogP contribution in [-0.2, 0) is 5.75 Å². The molecule has 0 aliphatic heterocycles. The Balaban J connectivity index is 1.59. The highest BCUT2D eigenvalue weighted by Gasteiger charge is 2.13. The first-order valence-electron chi connectivity index (χ1n) is 9.45. The van der Waals surface area contributed by atoms with Gasteiger partial charge >= 0.3 is 0 Å². The molecule has 1 aromatic carbocycles. The van der Waals surface area contributed by atoms with Crippen LogP contribution in [0, 0.1) is 6.92 Å². The number of aromatic amines is 1. The van der Waals surface area contributed by atoms with Crippen molar-refractivity contribution in [3.8, 4) is 16.2 Å². The van der Waals surface area contributed by atoms with Crippen LogP contribution in [0.15, 0.2) is 58.5 Å². The van der Waals surface area contributed by atoms with Gasteiger partial charge in [0.15, 0.2) is 5.75 Å². The maximum atomic E-state index is 12.2. The van der Waals surface area contributed by atoms with Crippen LogP contribution in [-0.4, -0.2) is 21.6 Å². The molecule has 0 aliphatic carbocycles. The van der Waals surface area contributed by atoms with Gasteiger partial charge in [-0.25, -0.2) is 9.97 Å². The van der Waals surface area contributed by atoms with E-state index in [9.17, 15) is 4.79 Å². The average molecular weight is 424 g/mol. The first-order valence-corrected chi connectivity index (χ1v) is 11.2. The van der Waals surface area contributed by atoms with Gasteiger partial charge < -0.3 is 9.72 Å². The second-order valence-electron chi connectivity index (χ2n) is 6.60. The molecule has 7 heteroatoms. The lowest BCUT2D eigenvalue weighted by molar-refractivity contribution is 0.313. The largest absolute Gasteiger partial charge is 0.488 e. The Labute approximate surface area is 177 Å². The first kappa shape index (κ1) is 19.7. The van der Waals surface area contributed by atoms with E-state index in [0.29, 0.717) is 18.1 Å². The number of aromatic nitrogens is 3. The van der Waals surface area contributed by atoms with Gasteiger partial charge in [0.05, 0.1) is 6.61 Å². The smallest absolute Gasteiger partial charge is 0.223 e. The summed E-state index contributed by atoms with van der Waals surface area (Å²) in [6.07, 6.45) is 2.51. The summed E-state index contributed by atoms with van der Waals surface area (Å²) in [5.74, 6) is 1.73. The third kappa shape index (κ3) is 4.52. The SMILES string of the molecule is CCCOc1c[nH]c(CSc2nc(C)nc3sc(-c4ccccc4)cc23)cc1=O. The number of benzene rings is 1. The molecule has 0 saturated carbocycles. The number of rotatable bonds is 7. The van der Waals surface area contributed by atoms with Crippen molar-refractivity contribution in [2.45, 2.75) is 31.0 Å². The number of H-pyrrole nitrogens is 1. The van der Waals surface area contributed by atoms with Crippen molar-refractivity contribution in [3.05, 3.63) is 70.4 Å². The zero-order valence-corrected chi connectivity index (χ0v) is 17.9. The van der Waals surface area contributed by atoms with Crippen LogP contribution >= 0.6 is 23.1 Å². The number of aryl methyl sites for hydroxylation is 1. The van der Waals surface area contributed by atoms with E-state index in [1.165, 1.54) is 10.4 Å². The molecule has 0 saturated heterocycles. The molecule has 3 aromatic heterocycles. The summed E-state index contributed by atoms with van der Waals surface area (Å²) in [6.45, 7) is 4.46. The molecule has 0 unspecified atom stereocenters. The van der Waals surface area contributed by atoms with Gasteiger partial charge in [-0.05, 0) is 25.0 Å². The zero-order valence-electron chi connectivity index (χ0n) is 16.3. The number of ether oxygens (including phenoxy) is 1. The third-order valence-corrected chi connectivity index (χ3v) is 6.41. The zero-order chi connectivity index (χ0) is 20.2. The van der Waals surface area contributed by atoms with Crippen LogP contribution in [0.2, 0.25) is 0 Å². The van der Waals surface area contributed by atoms with Crippen molar-refractivity contribution < 1.29 is 4.74 Å². The standard InChI is InChI=1S/C22H21N3O2S2/c1-3-9-27-19-12-23-16(10-18(19)26)13-28-21-17-11-20(15-7-5-4-6-8-15)29-22(17)25-14(2)24-21/h4-8,10-12H,3,9,13H2,1-2H3,(H,23,26). The van der Waals surface area contributed by atoms with E-state index in [1.807, 2.05) is 32.0 Å².